The molecule has 25 heavy (non-hydrogen) atoms. The molecule has 2 aliphatic carbocycles. The molecule has 4 aliphatic rings. The van der Waals surface area contributed by atoms with Gasteiger partial charge in [0.25, 0.3) is 0 Å². The Bertz CT molecular complexity index is 712. The topological polar surface area (TPSA) is 74.6 Å². The van der Waals surface area contributed by atoms with Gasteiger partial charge in [-0.15, -0.1) is 0 Å². The van der Waals surface area contributed by atoms with Crippen molar-refractivity contribution in [3.63, 3.8) is 0 Å². The molecular formula is C20H27IO4. The zero-order chi connectivity index (χ0) is 18.2. The van der Waals surface area contributed by atoms with Gasteiger partial charge in [-0.2, -0.15) is 0 Å². The summed E-state index contributed by atoms with van der Waals surface area (Å²) in [5.74, 6) is -0.0947. The third-order valence-corrected chi connectivity index (χ3v) is 16.9. The van der Waals surface area contributed by atoms with Crippen molar-refractivity contribution in [2.24, 2.45) is 10.8 Å². The first-order valence-electron chi connectivity index (χ1n) is 9.12. The summed E-state index contributed by atoms with van der Waals surface area (Å²) in [6.45, 7) is 5.71. The molecule has 3 fully saturated rings. The molecule has 4 nitrogen and oxygen atoms in total. The van der Waals surface area contributed by atoms with E-state index < -0.39 is 36.9 Å². The van der Waals surface area contributed by atoms with Gasteiger partial charge in [0.1, 0.15) is 0 Å². The number of halogens is 1. The third-order valence-electron chi connectivity index (χ3n) is 7.35. The molecule has 0 aromatic carbocycles. The second-order valence-electron chi connectivity index (χ2n) is 8.57. The van der Waals surface area contributed by atoms with Crippen LogP contribution in [0.1, 0.15) is 46.5 Å². The quantitative estimate of drug-likeness (QED) is 0.468. The maximum atomic E-state index is 12.2. The van der Waals surface area contributed by atoms with E-state index in [1.807, 2.05) is 13.0 Å². The Morgan fingerprint density at radius 2 is 2.08 bits per heavy atom. The van der Waals surface area contributed by atoms with Crippen molar-refractivity contribution in [2.45, 2.75) is 66.0 Å². The summed E-state index contributed by atoms with van der Waals surface area (Å²) in [4.78, 5) is 24.1. The fourth-order valence-corrected chi connectivity index (χ4v) is 16.7. The summed E-state index contributed by atoms with van der Waals surface area (Å²) >= 11 is -1.66. The van der Waals surface area contributed by atoms with Gasteiger partial charge >= 0.3 is 156 Å². The van der Waals surface area contributed by atoms with E-state index >= 15 is 0 Å². The van der Waals surface area contributed by atoms with Gasteiger partial charge in [0.05, 0.1) is 0 Å². The van der Waals surface area contributed by atoms with Crippen molar-refractivity contribution >= 4 is 31.4 Å². The monoisotopic (exact) mass is 458 g/mol. The molecule has 2 N–H and O–H groups in total. The molecule has 4 rings (SSSR count). The number of rotatable bonds is 1. The fraction of sp³-hybridized carbons (Fsp3) is 0.700. The van der Waals surface area contributed by atoms with Crippen LogP contribution in [0.5, 0.6) is 0 Å². The van der Waals surface area contributed by atoms with Gasteiger partial charge < -0.3 is 0 Å². The zero-order valence-corrected chi connectivity index (χ0v) is 17.2. The molecule has 5 heteroatoms. The molecule has 0 radical (unpaired) electrons. The molecule has 2 saturated heterocycles. The van der Waals surface area contributed by atoms with Crippen LogP contribution in [0.15, 0.2) is 23.8 Å². The number of carbonyl (C=O) groups is 2. The third kappa shape index (κ3) is 2.18. The van der Waals surface area contributed by atoms with E-state index in [1.165, 1.54) is 12.5 Å². The summed E-state index contributed by atoms with van der Waals surface area (Å²) in [5, 5.41) is 22.3. The first-order chi connectivity index (χ1) is 11.6. The predicted octanol–water partition coefficient (Wildman–Crippen LogP) is 2.59. The number of allylic oxidation sites excluding steroid dienone is 4. The number of Topliss-reactive ketones (excluding diaryl/α,β-unsaturated/α-hetero) is 1. The van der Waals surface area contributed by atoms with Gasteiger partial charge in [0.15, 0.2) is 0 Å². The molecule has 5 unspecified atom stereocenters. The van der Waals surface area contributed by atoms with Crippen LogP contribution >= 0.6 is 19.8 Å². The van der Waals surface area contributed by atoms with Crippen LogP contribution in [0.4, 0.5) is 0 Å². The summed E-state index contributed by atoms with van der Waals surface area (Å²) in [5.41, 5.74) is -0.836. The fourth-order valence-electron chi connectivity index (χ4n) is 5.91. The van der Waals surface area contributed by atoms with Crippen molar-refractivity contribution in [3.05, 3.63) is 23.8 Å². The van der Waals surface area contributed by atoms with Crippen LogP contribution in [0.2, 0.25) is 0 Å². The average Bonchev–Trinajstić information content (AvgIpc) is 2.80. The number of fused-ring (bicyclic) bond motifs is 5. The first kappa shape index (κ1) is 17.9. The molecule has 0 amide bonds. The SMILES string of the molecule is CC(=O)[C@@]1(O)CCC2I3CCC4=CC(=O)C=CC4(C)C3C(O)CC21C. The van der Waals surface area contributed by atoms with Gasteiger partial charge in [-0.1, -0.05) is 0 Å². The van der Waals surface area contributed by atoms with Crippen LogP contribution in [-0.4, -0.2) is 45.8 Å². The van der Waals surface area contributed by atoms with E-state index in [-0.39, 0.29) is 20.9 Å². The number of hydrogen-bond donors (Lipinski definition) is 2. The molecule has 0 aromatic rings. The number of hydrogen-bond acceptors (Lipinski definition) is 4. The van der Waals surface area contributed by atoms with Crippen LogP contribution in [0.25, 0.3) is 0 Å². The molecule has 138 valence electrons. The van der Waals surface area contributed by atoms with E-state index in [0.717, 1.165) is 17.3 Å². The minimum atomic E-state index is -1.66. The molecule has 2 aliphatic heterocycles. The van der Waals surface area contributed by atoms with Crippen molar-refractivity contribution in [2.75, 3.05) is 4.43 Å². The van der Waals surface area contributed by atoms with Crippen molar-refractivity contribution in [1.82, 2.24) is 0 Å². The van der Waals surface area contributed by atoms with Crippen LogP contribution in [-0.2, 0) is 9.59 Å². The second kappa shape index (κ2) is 5.49. The van der Waals surface area contributed by atoms with E-state index in [2.05, 4.69) is 6.92 Å². The number of aliphatic hydroxyl groups excluding tert-OH is 1. The van der Waals surface area contributed by atoms with E-state index in [0.29, 0.717) is 16.8 Å². The predicted molar refractivity (Wildman–Crippen MR) is 105 cm³/mol. The number of alkyl halides is 3. The number of aliphatic hydroxyl groups is 2. The van der Waals surface area contributed by atoms with Gasteiger partial charge in [-0.3, -0.25) is 0 Å². The Labute approximate surface area is 156 Å². The Balaban J connectivity index is 1.76. The number of ketones is 2. The molecular weight excluding hydrogens is 431 g/mol. The Morgan fingerprint density at radius 3 is 2.76 bits per heavy atom. The first-order valence-corrected chi connectivity index (χ1v) is 13.1. The normalized spacial score (nSPS) is 50.0. The average molecular weight is 458 g/mol. The molecule has 0 aromatic heterocycles. The molecule has 1 saturated carbocycles. The Kier molecular flexibility index (Phi) is 3.92. The van der Waals surface area contributed by atoms with E-state index in [9.17, 15) is 19.8 Å². The van der Waals surface area contributed by atoms with Crippen molar-refractivity contribution in [3.8, 4) is 0 Å². The summed E-state index contributed by atoms with van der Waals surface area (Å²) < 4.78 is 1.67. The Morgan fingerprint density at radius 1 is 1.36 bits per heavy atom. The van der Waals surface area contributed by atoms with Gasteiger partial charge in [0, 0.05) is 0 Å². The Hall–Kier alpha value is -0.530. The molecule has 2 heterocycles. The van der Waals surface area contributed by atoms with Crippen LogP contribution in [0.3, 0.4) is 0 Å². The molecule has 0 bridgehead atoms. The molecule has 0 spiro atoms. The van der Waals surface area contributed by atoms with Crippen molar-refractivity contribution < 1.29 is 19.8 Å². The van der Waals surface area contributed by atoms with Gasteiger partial charge in [0.2, 0.25) is 0 Å². The van der Waals surface area contributed by atoms with E-state index in [4.69, 9.17) is 0 Å². The summed E-state index contributed by atoms with van der Waals surface area (Å²) in [7, 11) is 0. The minimum absolute atomic E-state index is 0.0525. The standard InChI is InChI=1S/C20H27IO4/c1-12(22)20(25)8-5-16-19(20,3)11-15(24)17-18(2)7-4-14(23)10-13(18)6-9-21(16)17/h4,7,10,15-17,24-25H,5-6,8-9,11H2,1-3H3/t15?,16?,17?,18?,19?,20-/m0/s1. The van der Waals surface area contributed by atoms with Crippen LogP contribution < -0.4 is 0 Å². The van der Waals surface area contributed by atoms with E-state index in [1.54, 1.807) is 12.2 Å². The van der Waals surface area contributed by atoms with Crippen molar-refractivity contribution in [1.29, 1.82) is 0 Å². The summed E-state index contributed by atoms with van der Waals surface area (Å²) in [6.07, 6.45) is 7.78. The summed E-state index contributed by atoms with van der Waals surface area (Å²) in [6, 6.07) is 0. The van der Waals surface area contributed by atoms with Gasteiger partial charge in [-0.05, 0) is 0 Å². The molecule has 6 atom stereocenters. The van der Waals surface area contributed by atoms with Gasteiger partial charge in [-0.25, -0.2) is 0 Å². The number of carbonyl (C=O) groups excluding carboxylic acids is 2. The zero-order valence-electron chi connectivity index (χ0n) is 15.1. The second-order valence-corrected chi connectivity index (χ2v) is 15.0. The maximum absolute atomic E-state index is 12.2. The van der Waals surface area contributed by atoms with Crippen LogP contribution in [0, 0.1) is 10.8 Å².